The number of rotatable bonds is 4. The van der Waals surface area contributed by atoms with E-state index >= 15 is 0 Å². The summed E-state index contributed by atoms with van der Waals surface area (Å²) in [6, 6.07) is 0. The van der Waals surface area contributed by atoms with Gasteiger partial charge in [0, 0.05) is 35.2 Å². The molecule has 0 aromatic rings. The largest absolute Gasteiger partial charge is 0.392 e. The maximum Gasteiger partial charge on any atom is 0.0613 e. The number of hydrogen-bond acceptors (Lipinski definition) is 4. The van der Waals surface area contributed by atoms with Gasteiger partial charge in [-0.25, -0.2) is 0 Å². The molecule has 4 atom stereocenters. The molecule has 0 saturated carbocycles. The number of hydrogen-bond donors (Lipinski definition) is 4. The molecule has 1 radical (unpaired) electrons. The van der Waals surface area contributed by atoms with Gasteiger partial charge in [-0.1, -0.05) is 83.1 Å². The van der Waals surface area contributed by atoms with Gasteiger partial charge in [0.25, 0.3) is 0 Å². The topological polar surface area (TPSA) is 80.9 Å². The number of halogens is 3. The maximum absolute atomic E-state index is 9.76. The Morgan fingerprint density at radius 1 is 0.400 bits per heavy atom. The molecule has 0 heterocycles. The van der Waals surface area contributed by atoms with Crippen molar-refractivity contribution in [3.05, 3.63) is 0 Å². The quantitative estimate of drug-likeness (QED) is 0.393. The fraction of sp³-hybridized carbons (Fsp3) is 1.00. The standard InChI is InChI=1S/2C11H24O2.3FH.Nb/c2*1-10(2,3)8(12)7-9(13)11(4,5)6;;;;/h2*8-9,12-13H,7H2,1-6H3;3*1H;. The van der Waals surface area contributed by atoms with Gasteiger partial charge in [-0.15, -0.1) is 0 Å². The minimum absolute atomic E-state index is 0. The molecule has 4 N–H and O–H groups in total. The van der Waals surface area contributed by atoms with Crippen LogP contribution in [0.3, 0.4) is 0 Å². The Balaban J connectivity index is -0.0000000847. The van der Waals surface area contributed by atoms with Crippen LogP contribution < -0.4 is 0 Å². The molecule has 0 fully saturated rings. The SMILES string of the molecule is CC(C)(C)C(O)CC(O)C(C)(C)C.CC(C)(C)C(O)CC(O)C(C)(C)C.F.F.F.[Nb]. The van der Waals surface area contributed by atoms with Crippen LogP contribution in [-0.4, -0.2) is 44.8 Å². The third-order valence-corrected chi connectivity index (χ3v) is 4.89. The van der Waals surface area contributed by atoms with Crippen LogP contribution in [0.15, 0.2) is 0 Å². The van der Waals surface area contributed by atoms with Gasteiger partial charge in [-0.2, -0.15) is 0 Å². The minimum Gasteiger partial charge on any atom is -0.392 e. The first kappa shape index (κ1) is 44.1. The van der Waals surface area contributed by atoms with Crippen LogP contribution in [0.1, 0.15) is 95.9 Å². The van der Waals surface area contributed by atoms with E-state index in [1.807, 2.05) is 83.1 Å². The van der Waals surface area contributed by atoms with Crippen LogP contribution in [-0.2, 0) is 22.4 Å². The molecule has 0 aromatic carbocycles. The Labute approximate surface area is 198 Å². The molecule has 0 amide bonds. The summed E-state index contributed by atoms with van der Waals surface area (Å²) in [4.78, 5) is 0. The fourth-order valence-corrected chi connectivity index (χ4v) is 1.84. The van der Waals surface area contributed by atoms with E-state index in [9.17, 15) is 20.4 Å². The van der Waals surface area contributed by atoms with E-state index in [2.05, 4.69) is 0 Å². The van der Waals surface area contributed by atoms with Gasteiger partial charge in [0.2, 0.25) is 0 Å². The van der Waals surface area contributed by atoms with Gasteiger partial charge >= 0.3 is 0 Å². The normalized spacial score (nSPS) is 16.0. The molecule has 189 valence electrons. The zero-order valence-corrected chi connectivity index (χ0v) is 23.4. The number of aliphatic hydroxyl groups is 4. The van der Waals surface area contributed by atoms with E-state index in [0.717, 1.165) is 0 Å². The first-order chi connectivity index (χ1) is 11.1. The Morgan fingerprint density at radius 3 is 0.567 bits per heavy atom. The molecular weight excluding hydrogens is 478 g/mol. The Bertz CT molecular complexity index is 323. The molecule has 0 saturated heterocycles. The summed E-state index contributed by atoms with van der Waals surface area (Å²) in [7, 11) is 0. The molecule has 0 aromatic heterocycles. The van der Waals surface area contributed by atoms with E-state index in [4.69, 9.17) is 0 Å². The van der Waals surface area contributed by atoms with Crippen molar-refractivity contribution in [2.45, 2.75) is 120 Å². The number of aliphatic hydroxyl groups excluding tert-OH is 4. The summed E-state index contributed by atoms with van der Waals surface area (Å²) >= 11 is 0. The fourth-order valence-electron chi connectivity index (χ4n) is 1.84. The summed E-state index contributed by atoms with van der Waals surface area (Å²) in [5.41, 5.74) is -0.586. The second-order valence-electron chi connectivity index (χ2n) is 12.0. The summed E-state index contributed by atoms with van der Waals surface area (Å²) in [6.07, 6.45) is -0.869. The van der Waals surface area contributed by atoms with Gasteiger partial charge in [-0.3, -0.25) is 14.1 Å². The first-order valence-electron chi connectivity index (χ1n) is 9.82. The summed E-state index contributed by atoms with van der Waals surface area (Å²) in [6.45, 7) is 23.8. The van der Waals surface area contributed by atoms with Crippen molar-refractivity contribution < 1.29 is 56.9 Å². The minimum atomic E-state index is -0.443. The average Bonchev–Trinajstić information content (AvgIpc) is 2.34. The summed E-state index contributed by atoms with van der Waals surface area (Å²) in [5.74, 6) is 0. The van der Waals surface area contributed by atoms with Crippen LogP contribution in [0.5, 0.6) is 0 Å². The molecule has 8 heteroatoms. The van der Waals surface area contributed by atoms with Gasteiger partial charge < -0.3 is 20.4 Å². The van der Waals surface area contributed by atoms with Crippen molar-refractivity contribution in [1.29, 1.82) is 0 Å². The van der Waals surface area contributed by atoms with E-state index in [1.54, 1.807) is 0 Å². The second kappa shape index (κ2) is 16.1. The van der Waals surface area contributed by atoms with Crippen molar-refractivity contribution in [1.82, 2.24) is 0 Å². The van der Waals surface area contributed by atoms with Gasteiger partial charge in [-0.05, 0) is 21.7 Å². The smallest absolute Gasteiger partial charge is 0.0613 e. The molecular formula is C22H51F3NbO4. The molecule has 0 aliphatic heterocycles. The Kier molecular flexibility index (Phi) is 23.6. The van der Waals surface area contributed by atoms with E-state index in [-0.39, 0.29) is 58.2 Å². The van der Waals surface area contributed by atoms with Gasteiger partial charge in [0.15, 0.2) is 0 Å². The van der Waals surface area contributed by atoms with E-state index < -0.39 is 24.4 Å². The summed E-state index contributed by atoms with van der Waals surface area (Å²) in [5, 5.41) is 39.0. The Hall–Kier alpha value is 0.370. The van der Waals surface area contributed by atoms with Crippen molar-refractivity contribution in [3.8, 4) is 0 Å². The molecule has 0 aliphatic rings. The zero-order chi connectivity index (χ0) is 21.7. The maximum atomic E-state index is 9.76. The Morgan fingerprint density at radius 2 is 0.500 bits per heavy atom. The van der Waals surface area contributed by atoms with Crippen LogP contribution in [0, 0.1) is 21.7 Å². The van der Waals surface area contributed by atoms with Gasteiger partial charge in [0.1, 0.15) is 0 Å². The summed E-state index contributed by atoms with van der Waals surface area (Å²) < 4.78 is 0. The van der Waals surface area contributed by atoms with Crippen LogP contribution in [0.4, 0.5) is 14.1 Å². The van der Waals surface area contributed by atoms with Crippen LogP contribution in [0.2, 0.25) is 0 Å². The third kappa shape index (κ3) is 20.3. The second-order valence-corrected chi connectivity index (χ2v) is 12.0. The van der Waals surface area contributed by atoms with Gasteiger partial charge in [0.05, 0.1) is 24.4 Å². The monoisotopic (exact) mass is 529 g/mol. The predicted molar refractivity (Wildman–Crippen MR) is 119 cm³/mol. The van der Waals surface area contributed by atoms with Crippen LogP contribution in [0.25, 0.3) is 0 Å². The molecule has 0 rings (SSSR count). The molecule has 4 unspecified atom stereocenters. The van der Waals surface area contributed by atoms with Crippen molar-refractivity contribution >= 4 is 0 Å². The molecule has 0 aliphatic carbocycles. The molecule has 0 bridgehead atoms. The molecule has 30 heavy (non-hydrogen) atoms. The first-order valence-corrected chi connectivity index (χ1v) is 9.82. The van der Waals surface area contributed by atoms with Crippen molar-refractivity contribution in [2.75, 3.05) is 0 Å². The van der Waals surface area contributed by atoms with Crippen molar-refractivity contribution in [3.63, 3.8) is 0 Å². The molecule has 4 nitrogen and oxygen atoms in total. The average molecular weight is 530 g/mol. The zero-order valence-electron chi connectivity index (χ0n) is 21.2. The van der Waals surface area contributed by atoms with E-state index in [0.29, 0.717) is 12.8 Å². The van der Waals surface area contributed by atoms with E-state index in [1.165, 1.54) is 0 Å². The molecule has 0 spiro atoms. The predicted octanol–water partition coefficient (Wildman–Crippen LogP) is 4.84. The third-order valence-electron chi connectivity index (χ3n) is 4.89. The van der Waals surface area contributed by atoms with Crippen LogP contribution >= 0.6 is 0 Å². The van der Waals surface area contributed by atoms with Crippen molar-refractivity contribution in [2.24, 2.45) is 21.7 Å².